The van der Waals surface area contributed by atoms with Gasteiger partial charge in [-0.25, -0.2) is 4.98 Å². The van der Waals surface area contributed by atoms with Crippen LogP contribution in [0, 0.1) is 0 Å². The first-order valence-electron chi connectivity index (χ1n) is 14.3. The number of aromatic amines is 1. The van der Waals surface area contributed by atoms with Crippen molar-refractivity contribution in [3.8, 4) is 31.8 Å². The van der Waals surface area contributed by atoms with Crippen molar-refractivity contribution >= 4 is 69.4 Å². The van der Waals surface area contributed by atoms with Crippen LogP contribution in [0.4, 0.5) is 11.4 Å². The van der Waals surface area contributed by atoms with Crippen molar-refractivity contribution in [1.29, 1.82) is 0 Å². The van der Waals surface area contributed by atoms with Crippen LogP contribution in [0.1, 0.15) is 13.8 Å². The fraction of sp³-hybridized carbons (Fsp3) is 0.188. The van der Waals surface area contributed by atoms with Gasteiger partial charge in [-0.3, -0.25) is 14.7 Å². The number of para-hydroxylation sites is 1. The summed E-state index contributed by atoms with van der Waals surface area (Å²) >= 11 is 5.88. The maximum absolute atomic E-state index is 13.0. The molecule has 6 rings (SSSR count). The Labute approximate surface area is 282 Å². The minimum atomic E-state index is -0.383. The quantitative estimate of drug-likeness (QED) is 0.136. The fourth-order valence-corrected chi connectivity index (χ4v) is 7.83. The van der Waals surface area contributed by atoms with Crippen LogP contribution >= 0.6 is 46.2 Å². The maximum atomic E-state index is 13.0. The summed E-state index contributed by atoms with van der Waals surface area (Å²) in [5, 5.41) is 21.4. The normalized spacial score (nSPS) is 12.5. The second kappa shape index (κ2) is 14.0. The van der Waals surface area contributed by atoms with Gasteiger partial charge in [-0.1, -0.05) is 59.9 Å². The third-order valence-corrected chi connectivity index (χ3v) is 11.2. The van der Waals surface area contributed by atoms with Crippen LogP contribution in [0.3, 0.4) is 0 Å². The molecule has 0 bridgehead atoms. The molecule has 4 heterocycles. The lowest BCUT2D eigenvalue weighted by Gasteiger charge is -2.20. The van der Waals surface area contributed by atoms with Crippen LogP contribution in [0.15, 0.2) is 94.6 Å². The molecule has 0 saturated carbocycles. The first-order valence-corrected chi connectivity index (χ1v) is 17.8. The summed E-state index contributed by atoms with van der Waals surface area (Å²) in [5.74, 6) is 1.30. The zero-order valence-corrected chi connectivity index (χ0v) is 28.6. The van der Waals surface area contributed by atoms with E-state index in [-0.39, 0.29) is 22.3 Å². The van der Waals surface area contributed by atoms with Crippen molar-refractivity contribution in [1.82, 2.24) is 29.9 Å². The van der Waals surface area contributed by atoms with Gasteiger partial charge >= 0.3 is 0 Å². The third-order valence-electron chi connectivity index (χ3n) is 7.07. The van der Waals surface area contributed by atoms with E-state index in [1.54, 1.807) is 34.6 Å². The lowest BCUT2D eigenvalue weighted by atomic mass is 10.1. The number of hydrogen-bond acceptors (Lipinski definition) is 10. The smallest absolute Gasteiger partial charge is 0.240 e. The van der Waals surface area contributed by atoms with Gasteiger partial charge in [0.15, 0.2) is 16.8 Å². The number of thioether (sulfide) groups is 2. The van der Waals surface area contributed by atoms with E-state index < -0.39 is 0 Å². The van der Waals surface area contributed by atoms with Crippen molar-refractivity contribution < 1.29 is 9.59 Å². The molecule has 0 aliphatic heterocycles. The Bertz CT molecular complexity index is 1930. The van der Waals surface area contributed by atoms with E-state index in [0.29, 0.717) is 21.8 Å². The predicted octanol–water partition coefficient (Wildman–Crippen LogP) is 7.32. The van der Waals surface area contributed by atoms with Crippen molar-refractivity contribution in [3.05, 3.63) is 84.2 Å². The Balaban J connectivity index is 1.05. The van der Waals surface area contributed by atoms with E-state index in [4.69, 9.17) is 0 Å². The molecule has 14 heteroatoms. The van der Waals surface area contributed by atoms with E-state index in [2.05, 4.69) is 36.8 Å². The Morgan fingerprint density at radius 2 is 1.65 bits per heavy atom. The number of anilines is 2. The number of thiophene rings is 2. The zero-order chi connectivity index (χ0) is 32.2. The number of nitrogens with one attached hydrogen (secondary N) is 2. The molecule has 0 aliphatic carbocycles. The monoisotopic (exact) mass is 686 g/mol. The molecule has 2 N–H and O–H groups in total. The predicted molar refractivity (Wildman–Crippen MR) is 189 cm³/mol. The summed E-state index contributed by atoms with van der Waals surface area (Å²) in [6.07, 6.45) is 0. The van der Waals surface area contributed by atoms with Crippen LogP contribution in [0.25, 0.3) is 31.8 Å². The van der Waals surface area contributed by atoms with Crippen LogP contribution in [0.2, 0.25) is 0 Å². The molecular formula is C32H30N8O2S4. The lowest BCUT2D eigenvalue weighted by Crippen LogP contribution is -2.33. The molecule has 10 nitrogen and oxygen atoms in total. The molecule has 2 unspecified atom stereocenters. The Hall–Kier alpha value is -4.24. The molecule has 46 heavy (non-hydrogen) atoms. The van der Waals surface area contributed by atoms with Gasteiger partial charge in [-0.15, -0.1) is 38.0 Å². The first-order chi connectivity index (χ1) is 22.3. The number of benzene rings is 2. The van der Waals surface area contributed by atoms with Gasteiger partial charge in [-0.2, -0.15) is 0 Å². The molecule has 4 aromatic heterocycles. The molecule has 0 saturated heterocycles. The highest BCUT2D eigenvalue weighted by Gasteiger charge is 2.23. The highest BCUT2D eigenvalue weighted by molar-refractivity contribution is 8.00. The second-order valence-corrected chi connectivity index (χ2v) is 14.9. The van der Waals surface area contributed by atoms with Crippen molar-refractivity contribution in [2.24, 2.45) is 7.05 Å². The van der Waals surface area contributed by atoms with Crippen LogP contribution in [-0.4, -0.2) is 59.3 Å². The molecule has 2 aromatic carbocycles. The minimum Gasteiger partial charge on any atom is -0.325 e. The number of amides is 2. The zero-order valence-electron chi connectivity index (χ0n) is 25.4. The summed E-state index contributed by atoms with van der Waals surface area (Å²) in [5.41, 5.74) is 2.59. The summed E-state index contributed by atoms with van der Waals surface area (Å²) in [4.78, 5) is 35.1. The number of nitrogens with zero attached hydrogens (tertiary/aromatic N) is 6. The average Bonchev–Trinajstić information content (AvgIpc) is 3.90. The molecule has 0 fully saturated rings. The minimum absolute atomic E-state index is 0.00916. The van der Waals surface area contributed by atoms with Gasteiger partial charge in [0, 0.05) is 30.3 Å². The molecule has 0 radical (unpaired) electrons. The highest BCUT2D eigenvalue weighted by Crippen LogP contribution is 2.36. The number of hydrogen-bond donors (Lipinski definition) is 2. The Morgan fingerprint density at radius 1 is 0.891 bits per heavy atom. The molecule has 6 aromatic rings. The standard InChI is InChI=1S/C32H30N8O2S4/c1-19(44-31-34-27(35-37-31)25-11-8-18-43-25)29(41)33-22-14-12-21(13-15-22)24-16-17-26(46-24)28-36-38-32(40(28)4)45-20(2)30(42)39(3)23-9-6-5-7-10-23/h5-20H,1-4H3,(H,33,41)(H,34,35,37). The molecule has 234 valence electrons. The highest BCUT2D eigenvalue weighted by atomic mass is 32.2. The van der Waals surface area contributed by atoms with Crippen molar-refractivity contribution in [2.75, 3.05) is 17.3 Å². The van der Waals surface area contributed by atoms with E-state index in [9.17, 15) is 9.59 Å². The molecule has 2 amide bonds. The number of H-pyrrole nitrogens is 1. The maximum Gasteiger partial charge on any atom is 0.240 e. The van der Waals surface area contributed by atoms with E-state index in [1.807, 2.05) is 104 Å². The number of carbonyl (C=O) groups is 2. The molecule has 2 atom stereocenters. The summed E-state index contributed by atoms with van der Waals surface area (Å²) in [6.45, 7) is 3.72. The molecular weight excluding hydrogens is 657 g/mol. The van der Waals surface area contributed by atoms with Gasteiger partial charge < -0.3 is 14.8 Å². The first kappa shape index (κ1) is 31.7. The number of aromatic nitrogens is 6. The largest absolute Gasteiger partial charge is 0.325 e. The van der Waals surface area contributed by atoms with Crippen LogP contribution in [-0.2, 0) is 16.6 Å². The topological polar surface area (TPSA) is 122 Å². The van der Waals surface area contributed by atoms with E-state index >= 15 is 0 Å². The van der Waals surface area contributed by atoms with Crippen molar-refractivity contribution in [3.63, 3.8) is 0 Å². The van der Waals surface area contributed by atoms with E-state index in [1.165, 1.54) is 23.5 Å². The van der Waals surface area contributed by atoms with Gasteiger partial charge in [0.25, 0.3) is 0 Å². The second-order valence-electron chi connectivity index (χ2n) is 10.3. The summed E-state index contributed by atoms with van der Waals surface area (Å²) < 4.78 is 1.92. The van der Waals surface area contributed by atoms with Crippen LogP contribution in [0.5, 0.6) is 0 Å². The van der Waals surface area contributed by atoms with Gasteiger partial charge in [0.1, 0.15) is 0 Å². The average molecular weight is 687 g/mol. The SMILES string of the molecule is CC(Sc1n[nH]c(-c2cccs2)n1)C(=O)Nc1ccc(-c2ccc(-c3nnc(SC(C)C(=O)N(C)c4ccccc4)n3C)s2)cc1. The Morgan fingerprint density at radius 3 is 2.39 bits per heavy atom. The number of carbonyl (C=O) groups excluding carboxylic acids is 2. The van der Waals surface area contributed by atoms with Gasteiger partial charge in [-0.05, 0) is 67.3 Å². The molecule has 0 spiro atoms. The third kappa shape index (κ3) is 7.09. The fourth-order valence-electron chi connectivity index (χ4n) is 4.50. The van der Waals surface area contributed by atoms with E-state index in [0.717, 1.165) is 31.7 Å². The van der Waals surface area contributed by atoms with Crippen molar-refractivity contribution in [2.45, 2.75) is 34.7 Å². The lowest BCUT2D eigenvalue weighted by molar-refractivity contribution is -0.117. The number of rotatable bonds is 11. The summed E-state index contributed by atoms with van der Waals surface area (Å²) in [7, 11) is 3.70. The van der Waals surface area contributed by atoms with Gasteiger partial charge in [0.05, 0.1) is 20.3 Å². The molecule has 0 aliphatic rings. The van der Waals surface area contributed by atoms with Crippen LogP contribution < -0.4 is 10.2 Å². The summed E-state index contributed by atoms with van der Waals surface area (Å²) in [6, 6.07) is 25.4. The van der Waals surface area contributed by atoms with Gasteiger partial charge in [0.2, 0.25) is 17.0 Å². The Kier molecular flexibility index (Phi) is 9.68.